The molecule has 2 aliphatic rings. The fourth-order valence-electron chi connectivity index (χ4n) is 3.97. The molecule has 0 N–H and O–H groups in total. The second kappa shape index (κ2) is 8.53. The van der Waals surface area contributed by atoms with E-state index in [0.29, 0.717) is 13.0 Å². The third-order valence-electron chi connectivity index (χ3n) is 5.57. The Morgan fingerprint density at radius 3 is 2.61 bits per heavy atom. The van der Waals surface area contributed by atoms with E-state index in [4.69, 9.17) is 9.47 Å². The Balaban J connectivity index is 1.34. The van der Waals surface area contributed by atoms with Crippen molar-refractivity contribution in [2.45, 2.75) is 18.9 Å². The average Bonchev–Trinajstić information content (AvgIpc) is 2.74. The zero-order valence-corrected chi connectivity index (χ0v) is 17.7. The molecule has 1 saturated heterocycles. The van der Waals surface area contributed by atoms with Crippen molar-refractivity contribution in [3.05, 3.63) is 58.1 Å². The summed E-state index contributed by atoms with van der Waals surface area (Å²) < 4.78 is 12.2. The second-order valence-corrected chi connectivity index (χ2v) is 8.14. The lowest BCUT2D eigenvalue weighted by Crippen LogP contribution is -2.49. The van der Waals surface area contributed by atoms with E-state index in [1.807, 2.05) is 23.1 Å². The van der Waals surface area contributed by atoms with Crippen molar-refractivity contribution >= 4 is 27.5 Å². The van der Waals surface area contributed by atoms with Crippen LogP contribution in [0.2, 0.25) is 0 Å². The highest BCUT2D eigenvalue weighted by molar-refractivity contribution is 9.10. The molecule has 0 unspecified atom stereocenters. The Hall–Kier alpha value is -2.05. The molecule has 0 radical (unpaired) electrons. The number of carbonyl (C=O) groups excluding carboxylic acids is 1. The molecule has 1 amide bonds. The van der Waals surface area contributed by atoms with Gasteiger partial charge < -0.3 is 19.3 Å². The van der Waals surface area contributed by atoms with E-state index in [2.05, 4.69) is 45.1 Å². The summed E-state index contributed by atoms with van der Waals surface area (Å²) >= 11 is 3.53. The molecule has 0 spiro atoms. The number of benzene rings is 2. The number of rotatable bonds is 4. The third-order valence-corrected chi connectivity index (χ3v) is 6.07. The molecule has 0 aromatic heterocycles. The van der Waals surface area contributed by atoms with Gasteiger partial charge in [0.15, 0.2) is 0 Å². The van der Waals surface area contributed by atoms with Crippen LogP contribution in [0.4, 0.5) is 5.69 Å². The molecule has 2 heterocycles. The van der Waals surface area contributed by atoms with Crippen LogP contribution >= 0.6 is 15.9 Å². The fourth-order valence-corrected chi connectivity index (χ4v) is 4.38. The normalized spacial score (nSPS) is 19.3. The summed E-state index contributed by atoms with van der Waals surface area (Å²) in [5.41, 5.74) is 3.60. The molecule has 1 fully saturated rings. The first-order chi connectivity index (χ1) is 13.6. The molecule has 0 aliphatic carbocycles. The van der Waals surface area contributed by atoms with Gasteiger partial charge in [-0.15, -0.1) is 0 Å². The van der Waals surface area contributed by atoms with Crippen molar-refractivity contribution in [2.75, 3.05) is 44.8 Å². The number of fused-ring (bicyclic) bond motifs is 1. The zero-order valence-electron chi connectivity index (χ0n) is 16.1. The van der Waals surface area contributed by atoms with Crippen molar-refractivity contribution in [1.29, 1.82) is 0 Å². The molecule has 2 aromatic rings. The van der Waals surface area contributed by atoms with Gasteiger partial charge >= 0.3 is 0 Å². The van der Waals surface area contributed by atoms with E-state index >= 15 is 0 Å². The summed E-state index contributed by atoms with van der Waals surface area (Å²) in [5, 5.41) is 0. The third kappa shape index (κ3) is 4.18. The summed E-state index contributed by atoms with van der Waals surface area (Å²) in [4.78, 5) is 17.2. The molecule has 148 valence electrons. The van der Waals surface area contributed by atoms with Crippen LogP contribution in [0, 0.1) is 0 Å². The van der Waals surface area contributed by atoms with Gasteiger partial charge in [-0.3, -0.25) is 4.79 Å². The molecule has 0 saturated carbocycles. The molecule has 2 aliphatic heterocycles. The predicted molar refractivity (Wildman–Crippen MR) is 113 cm³/mol. The fraction of sp³-hybridized carbons (Fsp3) is 0.409. The van der Waals surface area contributed by atoms with Gasteiger partial charge in [-0.25, -0.2) is 0 Å². The Bertz CT molecular complexity index is 832. The van der Waals surface area contributed by atoms with Crippen LogP contribution in [0.5, 0.6) is 5.75 Å². The number of nitrogens with zero attached hydrogens (tertiary/aromatic N) is 2. The van der Waals surface area contributed by atoms with E-state index in [0.717, 1.165) is 48.4 Å². The molecule has 5 nitrogen and oxygen atoms in total. The highest BCUT2D eigenvalue weighted by atomic mass is 79.9. The van der Waals surface area contributed by atoms with Crippen LogP contribution in [0.3, 0.4) is 0 Å². The summed E-state index contributed by atoms with van der Waals surface area (Å²) in [7, 11) is 1.67. The van der Waals surface area contributed by atoms with E-state index in [1.54, 1.807) is 7.11 Å². The summed E-state index contributed by atoms with van der Waals surface area (Å²) in [6.07, 6.45) is 1.18. The SMILES string of the molecule is COc1ccc(N2CCN(C(=O)C[C@H]3OCCc4cc(Br)ccc43)CC2)cc1. The summed E-state index contributed by atoms with van der Waals surface area (Å²) in [6, 6.07) is 14.3. The number of hydrogen-bond acceptors (Lipinski definition) is 4. The first-order valence-electron chi connectivity index (χ1n) is 9.71. The lowest BCUT2D eigenvalue weighted by molar-refractivity contribution is -0.135. The van der Waals surface area contributed by atoms with Crippen molar-refractivity contribution in [1.82, 2.24) is 4.90 Å². The smallest absolute Gasteiger partial charge is 0.225 e. The topological polar surface area (TPSA) is 42.0 Å². The van der Waals surface area contributed by atoms with Gasteiger partial charge in [-0.05, 0) is 53.9 Å². The van der Waals surface area contributed by atoms with Gasteiger partial charge in [0.2, 0.25) is 5.91 Å². The number of hydrogen-bond donors (Lipinski definition) is 0. The molecular formula is C22H25BrN2O3. The van der Waals surface area contributed by atoms with Gasteiger partial charge in [0.05, 0.1) is 26.2 Å². The standard InChI is InChI=1S/C22H25BrN2O3/c1-27-19-5-3-18(4-6-19)24-9-11-25(12-10-24)22(26)15-21-20-7-2-17(23)14-16(20)8-13-28-21/h2-7,14,21H,8-13,15H2,1H3/t21-/m1/s1. The number of amides is 1. The quantitative estimate of drug-likeness (QED) is 0.718. The number of piperazine rings is 1. The number of carbonyl (C=O) groups is 1. The van der Waals surface area contributed by atoms with Crippen LogP contribution in [0.1, 0.15) is 23.7 Å². The highest BCUT2D eigenvalue weighted by Gasteiger charge is 2.27. The van der Waals surface area contributed by atoms with Gasteiger partial charge in [0.25, 0.3) is 0 Å². The van der Waals surface area contributed by atoms with Crippen LogP contribution in [0.25, 0.3) is 0 Å². The Morgan fingerprint density at radius 2 is 1.89 bits per heavy atom. The molecule has 4 rings (SSSR count). The van der Waals surface area contributed by atoms with Crippen LogP contribution in [-0.4, -0.2) is 50.7 Å². The predicted octanol–water partition coefficient (Wildman–Crippen LogP) is 3.81. The number of anilines is 1. The monoisotopic (exact) mass is 444 g/mol. The maximum Gasteiger partial charge on any atom is 0.225 e. The highest BCUT2D eigenvalue weighted by Crippen LogP contribution is 2.32. The van der Waals surface area contributed by atoms with Gasteiger partial charge in [-0.2, -0.15) is 0 Å². The van der Waals surface area contributed by atoms with Crippen molar-refractivity contribution < 1.29 is 14.3 Å². The molecule has 2 aromatic carbocycles. The molecule has 28 heavy (non-hydrogen) atoms. The minimum atomic E-state index is -0.135. The maximum absolute atomic E-state index is 12.9. The average molecular weight is 445 g/mol. The lowest BCUT2D eigenvalue weighted by Gasteiger charge is -2.37. The Kier molecular flexibility index (Phi) is 5.87. The number of halogens is 1. The largest absolute Gasteiger partial charge is 0.497 e. The van der Waals surface area contributed by atoms with Crippen LogP contribution in [0.15, 0.2) is 46.9 Å². The Morgan fingerprint density at radius 1 is 1.14 bits per heavy atom. The van der Waals surface area contributed by atoms with E-state index in [-0.39, 0.29) is 12.0 Å². The first-order valence-corrected chi connectivity index (χ1v) is 10.5. The van der Waals surface area contributed by atoms with Crippen molar-refractivity contribution in [2.24, 2.45) is 0 Å². The van der Waals surface area contributed by atoms with E-state index < -0.39 is 0 Å². The van der Waals surface area contributed by atoms with E-state index in [9.17, 15) is 4.79 Å². The van der Waals surface area contributed by atoms with Crippen molar-refractivity contribution in [3.63, 3.8) is 0 Å². The maximum atomic E-state index is 12.9. The van der Waals surface area contributed by atoms with Gasteiger partial charge in [0.1, 0.15) is 5.75 Å². The first kappa shape index (κ1) is 19.3. The van der Waals surface area contributed by atoms with Gasteiger partial charge in [0, 0.05) is 36.3 Å². The van der Waals surface area contributed by atoms with Crippen molar-refractivity contribution in [3.8, 4) is 5.75 Å². The Labute approximate surface area is 174 Å². The van der Waals surface area contributed by atoms with Crippen LogP contribution < -0.4 is 9.64 Å². The van der Waals surface area contributed by atoms with Crippen LogP contribution in [-0.2, 0) is 16.0 Å². The second-order valence-electron chi connectivity index (χ2n) is 7.22. The molecule has 6 heteroatoms. The van der Waals surface area contributed by atoms with E-state index in [1.165, 1.54) is 11.3 Å². The minimum absolute atomic E-state index is 0.135. The number of methoxy groups -OCH3 is 1. The molecular weight excluding hydrogens is 420 g/mol. The summed E-state index contributed by atoms with van der Waals surface area (Å²) in [6.45, 7) is 3.84. The zero-order chi connectivity index (χ0) is 19.5. The molecule has 0 bridgehead atoms. The van der Waals surface area contributed by atoms with Gasteiger partial charge in [-0.1, -0.05) is 22.0 Å². The number of ether oxygens (including phenoxy) is 2. The summed E-state index contributed by atoms with van der Waals surface area (Å²) in [5.74, 6) is 1.03. The lowest BCUT2D eigenvalue weighted by atomic mass is 9.95. The molecule has 1 atom stereocenters. The minimum Gasteiger partial charge on any atom is -0.497 e.